The summed E-state index contributed by atoms with van der Waals surface area (Å²) in [5, 5.41) is 1.04. The van der Waals surface area contributed by atoms with Crippen LogP contribution in [0.2, 0.25) is 0 Å². The van der Waals surface area contributed by atoms with Gasteiger partial charge in [-0.2, -0.15) is 0 Å². The topological polar surface area (TPSA) is 36.4 Å². The van der Waals surface area contributed by atoms with Gasteiger partial charge in [-0.15, -0.1) is 0 Å². The van der Waals surface area contributed by atoms with Crippen LogP contribution in [0.25, 0.3) is 10.2 Å². The molecule has 0 bridgehead atoms. The lowest BCUT2D eigenvalue weighted by Gasteiger charge is -2.17. The number of rotatable bonds is 2. The van der Waals surface area contributed by atoms with Gasteiger partial charge in [0.2, 0.25) is 5.91 Å². The molecule has 0 radical (unpaired) electrons. The molecule has 5 heteroatoms. The summed E-state index contributed by atoms with van der Waals surface area (Å²) in [4.78, 5) is 20.6. The number of hydrogen-bond acceptors (Lipinski definition) is 4. The Kier molecular flexibility index (Phi) is 3.38. The first-order chi connectivity index (χ1) is 9.54. The van der Waals surface area contributed by atoms with E-state index in [2.05, 4.69) is 30.0 Å². The first-order valence-corrected chi connectivity index (χ1v) is 7.69. The molecule has 0 spiro atoms. The van der Waals surface area contributed by atoms with Crippen LogP contribution in [-0.4, -0.2) is 43.0 Å². The Morgan fingerprint density at radius 1 is 1.45 bits per heavy atom. The quantitative estimate of drug-likeness (QED) is 0.852. The average molecular weight is 289 g/mol. The molecular formula is C15H19N3OS. The Labute approximate surface area is 123 Å². The van der Waals surface area contributed by atoms with Crippen molar-refractivity contribution in [3.8, 4) is 0 Å². The second-order valence-electron chi connectivity index (χ2n) is 5.63. The second kappa shape index (κ2) is 5.05. The molecule has 1 aliphatic heterocycles. The van der Waals surface area contributed by atoms with E-state index >= 15 is 0 Å². The van der Waals surface area contributed by atoms with Crippen LogP contribution in [-0.2, 0) is 4.79 Å². The third-order valence-electron chi connectivity index (χ3n) is 3.78. The fraction of sp³-hybridized carbons (Fsp3) is 0.467. The smallest absolute Gasteiger partial charge is 0.227 e. The van der Waals surface area contributed by atoms with Crippen molar-refractivity contribution in [1.82, 2.24) is 9.88 Å². The molecule has 0 saturated carbocycles. The minimum Gasteiger partial charge on any atom is -0.349 e. The van der Waals surface area contributed by atoms with Crippen molar-refractivity contribution in [2.24, 2.45) is 5.92 Å². The van der Waals surface area contributed by atoms with Crippen LogP contribution in [0.15, 0.2) is 18.2 Å². The number of amides is 1. The molecule has 1 aromatic carbocycles. The molecule has 4 nitrogen and oxygen atoms in total. The van der Waals surface area contributed by atoms with E-state index in [9.17, 15) is 4.79 Å². The van der Waals surface area contributed by atoms with E-state index < -0.39 is 0 Å². The number of thiazole rings is 1. The van der Waals surface area contributed by atoms with Crippen LogP contribution in [0.4, 0.5) is 5.13 Å². The minimum absolute atomic E-state index is 0.110. The number of fused-ring (bicyclic) bond motifs is 1. The van der Waals surface area contributed by atoms with Crippen molar-refractivity contribution in [3.05, 3.63) is 23.8 Å². The van der Waals surface area contributed by atoms with Crippen LogP contribution in [0.3, 0.4) is 0 Å². The van der Waals surface area contributed by atoms with Crippen molar-refractivity contribution in [2.75, 3.05) is 32.1 Å². The van der Waals surface area contributed by atoms with Crippen molar-refractivity contribution in [3.63, 3.8) is 0 Å². The summed E-state index contributed by atoms with van der Waals surface area (Å²) < 4.78 is 1.22. The van der Waals surface area contributed by atoms with Crippen molar-refractivity contribution < 1.29 is 4.79 Å². The Morgan fingerprint density at radius 3 is 3.00 bits per heavy atom. The van der Waals surface area contributed by atoms with Gasteiger partial charge in [-0.05, 0) is 31.0 Å². The maximum atomic E-state index is 12.0. The Morgan fingerprint density at radius 2 is 2.25 bits per heavy atom. The molecule has 2 heterocycles. The van der Waals surface area contributed by atoms with Crippen LogP contribution in [0.1, 0.15) is 12.0 Å². The number of carbonyl (C=O) groups excluding carboxylic acids is 1. The molecule has 2 aromatic rings. The van der Waals surface area contributed by atoms with Crippen molar-refractivity contribution >= 4 is 32.6 Å². The van der Waals surface area contributed by atoms with Gasteiger partial charge in [0, 0.05) is 27.2 Å². The summed E-state index contributed by atoms with van der Waals surface area (Å²) in [6.07, 6.45) is 0.923. The van der Waals surface area contributed by atoms with Crippen LogP contribution in [0.5, 0.6) is 0 Å². The maximum absolute atomic E-state index is 12.0. The number of nitrogens with zero attached hydrogens (tertiary/aromatic N) is 3. The summed E-state index contributed by atoms with van der Waals surface area (Å²) >= 11 is 1.72. The van der Waals surface area contributed by atoms with E-state index in [1.165, 1.54) is 10.3 Å². The molecular weight excluding hydrogens is 270 g/mol. The molecule has 20 heavy (non-hydrogen) atoms. The number of carbonyl (C=O) groups is 1. The van der Waals surface area contributed by atoms with E-state index in [0.717, 1.165) is 30.2 Å². The zero-order valence-corrected chi connectivity index (χ0v) is 12.9. The van der Waals surface area contributed by atoms with Crippen LogP contribution >= 0.6 is 11.3 Å². The lowest BCUT2D eigenvalue weighted by molar-refractivity contribution is -0.132. The first kappa shape index (κ1) is 13.4. The van der Waals surface area contributed by atoms with E-state index in [1.807, 2.05) is 14.1 Å². The monoisotopic (exact) mass is 289 g/mol. The van der Waals surface area contributed by atoms with Crippen molar-refractivity contribution in [2.45, 2.75) is 13.3 Å². The molecule has 0 aliphatic carbocycles. The predicted molar refractivity (Wildman–Crippen MR) is 83.4 cm³/mol. The summed E-state index contributed by atoms with van der Waals surface area (Å²) in [7, 11) is 3.65. The normalized spacial score (nSPS) is 18.8. The average Bonchev–Trinajstić information content (AvgIpc) is 3.02. The number of aromatic nitrogens is 1. The zero-order valence-electron chi connectivity index (χ0n) is 12.1. The lowest BCUT2D eigenvalue weighted by atomic mass is 10.1. The molecule has 3 rings (SSSR count). The van der Waals surface area contributed by atoms with Crippen LogP contribution in [0, 0.1) is 12.8 Å². The van der Waals surface area contributed by atoms with Gasteiger partial charge in [0.05, 0.1) is 16.1 Å². The summed E-state index contributed by atoms with van der Waals surface area (Å²) in [6, 6.07) is 6.34. The number of aryl methyl sites for hydroxylation is 1. The van der Waals surface area contributed by atoms with Gasteiger partial charge in [0.15, 0.2) is 5.13 Å². The van der Waals surface area contributed by atoms with Gasteiger partial charge in [-0.25, -0.2) is 4.98 Å². The molecule has 1 atom stereocenters. The summed E-state index contributed by atoms with van der Waals surface area (Å²) in [5.41, 5.74) is 2.31. The highest BCUT2D eigenvalue weighted by Crippen LogP contribution is 2.32. The number of benzene rings is 1. The molecule has 1 unspecified atom stereocenters. The third-order valence-corrected chi connectivity index (χ3v) is 4.86. The standard InChI is InChI=1S/C15H19N3OS/c1-10-4-5-12-13(8-10)20-15(16-12)18-7-6-11(9-18)14(19)17(2)3/h4-5,8,11H,6-7,9H2,1-3H3. The van der Waals surface area contributed by atoms with Gasteiger partial charge in [-0.1, -0.05) is 17.4 Å². The fourth-order valence-corrected chi connectivity index (χ4v) is 3.75. The van der Waals surface area contributed by atoms with E-state index in [1.54, 1.807) is 16.2 Å². The maximum Gasteiger partial charge on any atom is 0.227 e. The Hall–Kier alpha value is -1.62. The minimum atomic E-state index is 0.110. The van der Waals surface area contributed by atoms with Gasteiger partial charge in [-0.3, -0.25) is 4.79 Å². The Bertz CT molecular complexity index is 650. The highest BCUT2D eigenvalue weighted by molar-refractivity contribution is 7.22. The van der Waals surface area contributed by atoms with Crippen molar-refractivity contribution in [1.29, 1.82) is 0 Å². The van der Waals surface area contributed by atoms with Crippen LogP contribution < -0.4 is 4.90 Å². The predicted octanol–water partition coefficient (Wildman–Crippen LogP) is 2.52. The fourth-order valence-electron chi connectivity index (χ4n) is 2.66. The number of anilines is 1. The number of hydrogen-bond donors (Lipinski definition) is 0. The molecule has 106 valence electrons. The highest BCUT2D eigenvalue weighted by atomic mass is 32.1. The van der Waals surface area contributed by atoms with E-state index in [0.29, 0.717) is 0 Å². The van der Waals surface area contributed by atoms with Gasteiger partial charge in [0.25, 0.3) is 0 Å². The third kappa shape index (κ3) is 2.38. The van der Waals surface area contributed by atoms with Gasteiger partial charge in [0.1, 0.15) is 0 Å². The van der Waals surface area contributed by atoms with E-state index in [4.69, 9.17) is 4.98 Å². The summed E-state index contributed by atoms with van der Waals surface area (Å²) in [5.74, 6) is 0.336. The molecule has 1 fully saturated rings. The SMILES string of the molecule is Cc1ccc2nc(N3CCC(C(=O)N(C)C)C3)sc2c1. The molecule has 0 N–H and O–H groups in total. The molecule has 1 amide bonds. The highest BCUT2D eigenvalue weighted by Gasteiger charge is 2.30. The first-order valence-electron chi connectivity index (χ1n) is 6.88. The van der Waals surface area contributed by atoms with Gasteiger partial charge < -0.3 is 9.80 Å². The zero-order chi connectivity index (χ0) is 14.3. The van der Waals surface area contributed by atoms with E-state index in [-0.39, 0.29) is 11.8 Å². The second-order valence-corrected chi connectivity index (χ2v) is 6.64. The molecule has 1 aromatic heterocycles. The Balaban J connectivity index is 1.81. The summed E-state index contributed by atoms with van der Waals surface area (Å²) in [6.45, 7) is 3.80. The molecule has 1 saturated heterocycles. The molecule has 1 aliphatic rings. The largest absolute Gasteiger partial charge is 0.349 e. The van der Waals surface area contributed by atoms with Gasteiger partial charge >= 0.3 is 0 Å². The lowest BCUT2D eigenvalue weighted by Crippen LogP contribution is -2.31.